The molecule has 0 spiro atoms. The number of nitrogens with zero attached hydrogens (tertiary/aromatic N) is 3. The zero-order chi connectivity index (χ0) is 21.4. The highest BCUT2D eigenvalue weighted by Gasteiger charge is 2.31. The van der Waals surface area contributed by atoms with E-state index in [1.54, 1.807) is 39.5 Å². The zero-order valence-corrected chi connectivity index (χ0v) is 18.6. The average Bonchev–Trinajstić information content (AvgIpc) is 3.19. The van der Waals surface area contributed by atoms with Crippen LogP contribution in [0.4, 0.5) is 0 Å². The van der Waals surface area contributed by atoms with Gasteiger partial charge in [0.05, 0.1) is 31.4 Å². The second-order valence-corrected chi connectivity index (χ2v) is 8.41. The summed E-state index contributed by atoms with van der Waals surface area (Å²) in [5.41, 5.74) is 1.55. The van der Waals surface area contributed by atoms with Crippen molar-refractivity contribution < 1.29 is 19.0 Å². The Kier molecular flexibility index (Phi) is 5.81. The lowest BCUT2D eigenvalue weighted by Gasteiger charge is -2.22. The molecule has 0 N–H and O–H groups in total. The van der Waals surface area contributed by atoms with Crippen molar-refractivity contribution in [2.75, 3.05) is 21.3 Å². The first kappa shape index (κ1) is 20.8. The molecule has 7 nitrogen and oxygen atoms in total. The smallest absolute Gasteiger partial charge is 0.250 e. The monoisotopic (exact) mass is 465 g/mol. The number of ether oxygens (including phenoxy) is 3. The minimum atomic E-state index is -0.176. The molecule has 1 atom stereocenters. The minimum Gasteiger partial charge on any atom is -0.493 e. The Morgan fingerprint density at radius 1 is 1.03 bits per heavy atom. The number of carbonyl (C=O) groups is 1. The summed E-state index contributed by atoms with van der Waals surface area (Å²) in [6, 6.07) is 8.81. The molecule has 1 aliphatic heterocycles. The normalized spacial score (nSPS) is 15.6. The van der Waals surface area contributed by atoms with Gasteiger partial charge in [0.25, 0.3) is 5.91 Å². The summed E-state index contributed by atoms with van der Waals surface area (Å²) >= 11 is 13.5. The molecule has 10 heteroatoms. The lowest BCUT2D eigenvalue weighted by Crippen LogP contribution is -2.21. The Balaban J connectivity index is 1.69. The van der Waals surface area contributed by atoms with Gasteiger partial charge in [0, 0.05) is 17.2 Å². The van der Waals surface area contributed by atoms with Crippen molar-refractivity contribution in [2.24, 2.45) is 0 Å². The quantitative estimate of drug-likeness (QED) is 0.515. The summed E-state index contributed by atoms with van der Waals surface area (Å²) in [4.78, 5) is 17.3. The molecular weight excluding hydrogens is 449 g/mol. The van der Waals surface area contributed by atoms with Crippen molar-refractivity contribution in [3.05, 3.63) is 45.9 Å². The third-order valence-corrected chi connectivity index (χ3v) is 6.60. The van der Waals surface area contributed by atoms with Gasteiger partial charge in [-0.2, -0.15) is 4.68 Å². The van der Waals surface area contributed by atoms with Crippen LogP contribution in [0.1, 0.15) is 22.0 Å². The van der Waals surface area contributed by atoms with Gasteiger partial charge in [-0.05, 0) is 35.9 Å². The topological polar surface area (TPSA) is 75.5 Å². The Labute approximate surface area is 187 Å². The van der Waals surface area contributed by atoms with Crippen molar-refractivity contribution >= 4 is 40.9 Å². The van der Waals surface area contributed by atoms with E-state index in [9.17, 15) is 4.79 Å². The van der Waals surface area contributed by atoms with Crippen LogP contribution in [0.25, 0.3) is 11.4 Å². The number of methoxy groups -OCH3 is 3. The summed E-state index contributed by atoms with van der Waals surface area (Å²) in [5.74, 6) is 1.82. The fourth-order valence-corrected chi connectivity index (χ4v) is 4.61. The number of halogens is 2. The maximum atomic E-state index is 12.8. The van der Waals surface area contributed by atoms with Crippen molar-refractivity contribution in [1.82, 2.24) is 14.8 Å². The van der Waals surface area contributed by atoms with Gasteiger partial charge in [-0.25, -0.2) is 4.98 Å². The van der Waals surface area contributed by atoms with Gasteiger partial charge in [-0.1, -0.05) is 35.0 Å². The number of hydrogen-bond donors (Lipinski definition) is 0. The van der Waals surface area contributed by atoms with Crippen LogP contribution in [0.2, 0.25) is 10.0 Å². The third kappa shape index (κ3) is 3.71. The molecule has 156 valence electrons. The van der Waals surface area contributed by atoms with Crippen LogP contribution in [0.3, 0.4) is 0 Å². The molecule has 2 heterocycles. The van der Waals surface area contributed by atoms with Crippen LogP contribution < -0.4 is 14.2 Å². The predicted molar refractivity (Wildman–Crippen MR) is 115 cm³/mol. The van der Waals surface area contributed by atoms with E-state index in [1.165, 1.54) is 16.4 Å². The fraction of sp³-hybridized carbons (Fsp3) is 0.250. The van der Waals surface area contributed by atoms with Gasteiger partial charge in [0.2, 0.25) is 5.75 Å². The van der Waals surface area contributed by atoms with E-state index >= 15 is 0 Å². The molecule has 3 aromatic rings. The molecule has 0 bridgehead atoms. The summed E-state index contributed by atoms with van der Waals surface area (Å²) in [7, 11) is 4.66. The first-order valence-corrected chi connectivity index (χ1v) is 10.5. The minimum absolute atomic E-state index is 0.152. The van der Waals surface area contributed by atoms with E-state index in [4.69, 9.17) is 37.4 Å². The van der Waals surface area contributed by atoms with Gasteiger partial charge in [-0.3, -0.25) is 4.79 Å². The lowest BCUT2D eigenvalue weighted by atomic mass is 10.1. The van der Waals surface area contributed by atoms with E-state index in [2.05, 4.69) is 10.1 Å². The highest BCUT2D eigenvalue weighted by molar-refractivity contribution is 7.99. The molecule has 0 radical (unpaired) electrons. The van der Waals surface area contributed by atoms with Crippen LogP contribution >= 0.6 is 35.0 Å². The number of thioether (sulfide) groups is 1. The van der Waals surface area contributed by atoms with Gasteiger partial charge in [0.15, 0.2) is 22.5 Å². The third-order valence-electron chi connectivity index (χ3n) is 4.66. The van der Waals surface area contributed by atoms with Gasteiger partial charge < -0.3 is 14.2 Å². The van der Waals surface area contributed by atoms with E-state index in [0.29, 0.717) is 43.8 Å². The van der Waals surface area contributed by atoms with Crippen LogP contribution in [0, 0.1) is 0 Å². The predicted octanol–water partition coefficient (Wildman–Crippen LogP) is 5.16. The molecule has 0 fully saturated rings. The van der Waals surface area contributed by atoms with Crippen LogP contribution in [0.5, 0.6) is 17.2 Å². The van der Waals surface area contributed by atoms with Gasteiger partial charge >= 0.3 is 0 Å². The van der Waals surface area contributed by atoms with E-state index in [-0.39, 0.29) is 17.6 Å². The average molecular weight is 466 g/mol. The number of fused-ring (bicyclic) bond motifs is 1. The Morgan fingerprint density at radius 3 is 2.33 bits per heavy atom. The molecular formula is C20H17Cl2N3O4S. The second-order valence-electron chi connectivity index (χ2n) is 6.42. The molecule has 2 aromatic carbocycles. The van der Waals surface area contributed by atoms with E-state index in [1.807, 2.05) is 12.1 Å². The van der Waals surface area contributed by atoms with E-state index < -0.39 is 0 Å². The Hall–Kier alpha value is -2.42. The molecule has 0 aliphatic carbocycles. The summed E-state index contributed by atoms with van der Waals surface area (Å²) in [6.07, 6.45) is 0.250. The van der Waals surface area contributed by atoms with E-state index in [0.717, 1.165) is 5.56 Å². The zero-order valence-electron chi connectivity index (χ0n) is 16.3. The fourth-order valence-electron chi connectivity index (χ4n) is 3.18. The largest absolute Gasteiger partial charge is 0.493 e. The molecule has 1 unspecified atom stereocenters. The SMILES string of the molecule is COc1cc(C2CC(=O)n3nc(-c4ccc(Cl)c(Cl)c4)nc3S2)cc(OC)c1OC. The van der Waals surface area contributed by atoms with Crippen LogP contribution in [-0.2, 0) is 0 Å². The maximum absolute atomic E-state index is 12.8. The number of hydrogen-bond acceptors (Lipinski definition) is 7. The maximum Gasteiger partial charge on any atom is 0.250 e. The highest BCUT2D eigenvalue weighted by atomic mass is 35.5. The molecule has 30 heavy (non-hydrogen) atoms. The highest BCUT2D eigenvalue weighted by Crippen LogP contribution is 2.47. The summed E-state index contributed by atoms with van der Waals surface area (Å²) < 4.78 is 17.6. The molecule has 0 amide bonds. The second kappa shape index (κ2) is 8.37. The van der Waals surface area contributed by atoms with Crippen molar-refractivity contribution in [3.8, 4) is 28.6 Å². The lowest BCUT2D eigenvalue weighted by molar-refractivity contribution is 0.0868. The number of carbonyl (C=O) groups excluding carboxylic acids is 1. The van der Waals surface area contributed by atoms with Crippen molar-refractivity contribution in [3.63, 3.8) is 0 Å². The van der Waals surface area contributed by atoms with Gasteiger partial charge in [-0.15, -0.1) is 5.10 Å². The van der Waals surface area contributed by atoms with Crippen molar-refractivity contribution in [1.29, 1.82) is 0 Å². The first-order chi connectivity index (χ1) is 14.4. The molecule has 0 saturated carbocycles. The van der Waals surface area contributed by atoms with Crippen molar-refractivity contribution in [2.45, 2.75) is 16.8 Å². The Morgan fingerprint density at radius 2 is 1.73 bits per heavy atom. The summed E-state index contributed by atoms with van der Waals surface area (Å²) in [6.45, 7) is 0. The molecule has 0 saturated heterocycles. The standard InChI is InChI=1S/C20H17Cl2N3O4S/c1-27-14-7-11(8-15(28-2)18(14)29-3)16-9-17(26)25-20(30-16)23-19(24-25)10-4-5-12(21)13(22)6-10/h4-8,16H,9H2,1-3H3. The van der Waals surface area contributed by atoms with Crippen LogP contribution in [-0.4, -0.2) is 42.0 Å². The molecule has 4 rings (SSSR count). The molecule has 1 aromatic heterocycles. The van der Waals surface area contributed by atoms with Crippen LogP contribution in [0.15, 0.2) is 35.5 Å². The number of rotatable bonds is 5. The van der Waals surface area contributed by atoms with Gasteiger partial charge in [0.1, 0.15) is 0 Å². The number of benzene rings is 2. The number of aromatic nitrogens is 3. The first-order valence-electron chi connectivity index (χ1n) is 8.87. The summed E-state index contributed by atoms with van der Waals surface area (Å²) in [5, 5.41) is 5.53. The molecule has 1 aliphatic rings. The Bertz CT molecular complexity index is 1110.